The third kappa shape index (κ3) is 6.54. The molecule has 206 valence electrons. The Kier molecular flexibility index (Phi) is 7.89. The number of carbonyl (C=O) groups is 2. The average Bonchev–Trinajstić information content (AvgIpc) is 3.33. The highest BCUT2D eigenvalue weighted by Gasteiger charge is 2.46. The molecule has 4 N–H and O–H groups in total. The summed E-state index contributed by atoms with van der Waals surface area (Å²) >= 11 is 0. The number of ether oxygens (including phenoxy) is 1. The fourth-order valence-electron chi connectivity index (χ4n) is 5.48. The van der Waals surface area contributed by atoms with Crippen LogP contribution >= 0.6 is 0 Å². The Balaban J connectivity index is 1.42. The average molecular weight is 523 g/mol. The third-order valence-electron chi connectivity index (χ3n) is 7.30. The van der Waals surface area contributed by atoms with Crippen LogP contribution in [0, 0.1) is 0 Å². The molecule has 0 bridgehead atoms. The van der Waals surface area contributed by atoms with Crippen LogP contribution in [0.5, 0.6) is 0 Å². The maximum atomic E-state index is 13.3. The van der Waals surface area contributed by atoms with Crippen LogP contribution in [-0.4, -0.2) is 45.7 Å². The molecule has 4 atom stereocenters. The zero-order valence-corrected chi connectivity index (χ0v) is 23.4. The maximum Gasteiger partial charge on any atom is 0.411 e. The quantitative estimate of drug-likeness (QED) is 0.428. The number of aliphatic hydroxyl groups is 1. The third-order valence-corrected chi connectivity index (χ3v) is 7.30. The van der Waals surface area contributed by atoms with Gasteiger partial charge in [-0.2, -0.15) is 0 Å². The lowest BCUT2D eigenvalue weighted by Gasteiger charge is -2.45. The van der Waals surface area contributed by atoms with Gasteiger partial charge in [-0.15, -0.1) is 0 Å². The first kappa shape index (κ1) is 28.1. The van der Waals surface area contributed by atoms with Gasteiger partial charge in [0.05, 0.1) is 11.6 Å². The number of hydrazine groups is 1. The number of hydrogen-bond acceptors (Lipinski definition) is 6. The van der Waals surface area contributed by atoms with E-state index in [1.165, 1.54) is 0 Å². The van der Waals surface area contributed by atoms with Gasteiger partial charge in [0, 0.05) is 31.0 Å². The smallest absolute Gasteiger partial charge is 0.411 e. The van der Waals surface area contributed by atoms with E-state index in [9.17, 15) is 14.7 Å². The van der Waals surface area contributed by atoms with Gasteiger partial charge in [-0.3, -0.25) is 4.79 Å². The largest absolute Gasteiger partial charge is 0.438 e. The zero-order valence-electron chi connectivity index (χ0n) is 23.4. The minimum absolute atomic E-state index is 0.0162. The van der Waals surface area contributed by atoms with Crippen molar-refractivity contribution in [2.45, 2.75) is 95.7 Å². The van der Waals surface area contributed by atoms with Gasteiger partial charge in [0.15, 0.2) is 0 Å². The highest BCUT2D eigenvalue weighted by atomic mass is 16.6. The first-order valence-electron chi connectivity index (χ1n) is 13.5. The molecule has 0 aromatic heterocycles. The number of amides is 2. The van der Waals surface area contributed by atoms with Gasteiger partial charge in [-0.05, 0) is 64.7 Å². The van der Waals surface area contributed by atoms with Crippen molar-refractivity contribution >= 4 is 12.0 Å². The summed E-state index contributed by atoms with van der Waals surface area (Å²) < 4.78 is 6.14. The van der Waals surface area contributed by atoms with Gasteiger partial charge < -0.3 is 20.1 Å². The van der Waals surface area contributed by atoms with E-state index in [1.807, 2.05) is 82.3 Å². The molecular weight excluding hydrogens is 480 g/mol. The molecule has 0 saturated carbocycles. The van der Waals surface area contributed by atoms with E-state index in [0.717, 1.165) is 16.7 Å². The lowest BCUT2D eigenvalue weighted by atomic mass is 9.80. The normalized spacial score (nSPS) is 25.1. The molecular formula is C30H42N4O4. The Hall–Kier alpha value is -2.94. The minimum atomic E-state index is -0.991. The van der Waals surface area contributed by atoms with Gasteiger partial charge in [0.1, 0.15) is 11.6 Å². The van der Waals surface area contributed by atoms with Crippen molar-refractivity contribution in [1.29, 1.82) is 0 Å². The summed E-state index contributed by atoms with van der Waals surface area (Å²) in [6.45, 7) is 11.9. The summed E-state index contributed by atoms with van der Waals surface area (Å²) in [7, 11) is 0. The van der Waals surface area contributed by atoms with Crippen LogP contribution in [0.25, 0.3) is 0 Å². The van der Waals surface area contributed by atoms with Crippen molar-refractivity contribution in [3.63, 3.8) is 0 Å². The predicted octanol–water partition coefficient (Wildman–Crippen LogP) is 4.47. The van der Waals surface area contributed by atoms with Crippen LogP contribution in [0.2, 0.25) is 0 Å². The molecule has 0 spiro atoms. The van der Waals surface area contributed by atoms with Crippen molar-refractivity contribution in [1.82, 2.24) is 21.1 Å². The van der Waals surface area contributed by atoms with Crippen molar-refractivity contribution in [2.75, 3.05) is 6.54 Å². The molecule has 2 aromatic carbocycles. The van der Waals surface area contributed by atoms with Crippen molar-refractivity contribution < 1.29 is 19.4 Å². The molecule has 8 heteroatoms. The Labute approximate surface area is 226 Å². The second kappa shape index (κ2) is 10.7. The summed E-state index contributed by atoms with van der Waals surface area (Å²) in [5.74, 6) is -0.0162. The lowest BCUT2D eigenvalue weighted by Crippen LogP contribution is -2.51. The maximum absolute atomic E-state index is 13.3. The molecule has 2 heterocycles. The molecule has 2 amide bonds. The van der Waals surface area contributed by atoms with Gasteiger partial charge in [-0.25, -0.2) is 15.6 Å². The second-order valence-electron chi connectivity index (χ2n) is 12.4. The van der Waals surface area contributed by atoms with Crippen LogP contribution < -0.4 is 16.2 Å². The number of nitrogens with one attached hydrogen (secondary N) is 3. The van der Waals surface area contributed by atoms with Crippen molar-refractivity contribution in [3.8, 4) is 0 Å². The highest BCUT2D eigenvalue weighted by Crippen LogP contribution is 2.42. The molecule has 2 aliphatic heterocycles. The predicted molar refractivity (Wildman–Crippen MR) is 147 cm³/mol. The molecule has 0 aliphatic carbocycles. The molecule has 0 radical (unpaired) electrons. The molecule has 2 unspecified atom stereocenters. The first-order chi connectivity index (χ1) is 17.8. The molecule has 8 nitrogen and oxygen atoms in total. The fourth-order valence-corrected chi connectivity index (χ4v) is 5.48. The number of nitrogens with zero attached hydrogens (tertiary/aromatic N) is 1. The van der Waals surface area contributed by atoms with Gasteiger partial charge in [0.2, 0.25) is 5.91 Å². The van der Waals surface area contributed by atoms with Gasteiger partial charge in [0.25, 0.3) is 0 Å². The van der Waals surface area contributed by atoms with E-state index in [1.54, 1.807) is 18.7 Å². The van der Waals surface area contributed by atoms with Crippen molar-refractivity contribution in [3.05, 3.63) is 71.3 Å². The zero-order chi connectivity index (χ0) is 27.7. The van der Waals surface area contributed by atoms with Crippen molar-refractivity contribution in [2.24, 2.45) is 0 Å². The van der Waals surface area contributed by atoms with E-state index in [-0.39, 0.29) is 35.7 Å². The first-order valence-corrected chi connectivity index (χ1v) is 13.5. The Morgan fingerprint density at radius 2 is 1.76 bits per heavy atom. The molecule has 38 heavy (non-hydrogen) atoms. The van der Waals surface area contributed by atoms with E-state index >= 15 is 0 Å². The lowest BCUT2D eigenvalue weighted by molar-refractivity contribution is -0.124. The highest BCUT2D eigenvalue weighted by molar-refractivity contribution is 5.82. The SMILES string of the molecule is C[C@@H](c1ccc(C2CC(C(=O)NC(C)(C)C)NN2)cc1)N1CC[C@](CC(C)(C)O)(c2ccccc2)OC1=O. The standard InChI is InChI=1S/C30H42N4O4/c1-20(21-12-14-22(15-13-21)24-18-25(33-32-24)26(35)31-28(2,3)4)34-17-16-30(38-27(34)36,19-29(5,6)37)23-10-8-7-9-11-23/h7-15,20,24-25,32-33,37H,16-19H2,1-6H3,(H,31,35)/t20-,24?,25?,30-/m0/s1. The van der Waals surface area contributed by atoms with Gasteiger partial charge in [-0.1, -0.05) is 54.6 Å². The van der Waals surface area contributed by atoms with Crippen LogP contribution in [0.4, 0.5) is 4.79 Å². The summed E-state index contributed by atoms with van der Waals surface area (Å²) in [4.78, 5) is 27.6. The summed E-state index contributed by atoms with van der Waals surface area (Å²) in [5.41, 5.74) is 7.20. The van der Waals surface area contributed by atoms with E-state index < -0.39 is 11.2 Å². The van der Waals surface area contributed by atoms with Crippen LogP contribution in [0.15, 0.2) is 54.6 Å². The van der Waals surface area contributed by atoms with Crippen LogP contribution in [0.3, 0.4) is 0 Å². The fraction of sp³-hybridized carbons (Fsp3) is 0.533. The van der Waals surface area contributed by atoms with Crippen LogP contribution in [-0.2, 0) is 15.1 Å². The number of benzene rings is 2. The minimum Gasteiger partial charge on any atom is -0.438 e. The summed E-state index contributed by atoms with van der Waals surface area (Å²) in [6.07, 6.45) is 1.18. The molecule has 2 saturated heterocycles. The summed E-state index contributed by atoms with van der Waals surface area (Å²) in [6, 6.07) is 17.4. The Morgan fingerprint density at radius 1 is 1.11 bits per heavy atom. The molecule has 4 rings (SSSR count). The molecule has 2 fully saturated rings. The molecule has 2 aliphatic rings. The number of rotatable bonds is 7. The van der Waals surface area contributed by atoms with E-state index in [2.05, 4.69) is 16.2 Å². The number of cyclic esters (lactones) is 1. The van der Waals surface area contributed by atoms with E-state index in [4.69, 9.17) is 4.74 Å². The number of carbonyl (C=O) groups excluding carboxylic acids is 2. The van der Waals surface area contributed by atoms with E-state index in [0.29, 0.717) is 25.8 Å². The van der Waals surface area contributed by atoms with Crippen LogP contribution in [0.1, 0.15) is 89.6 Å². The Morgan fingerprint density at radius 3 is 2.34 bits per heavy atom. The Bertz CT molecular complexity index is 1120. The number of hydrogen-bond donors (Lipinski definition) is 4. The monoisotopic (exact) mass is 522 g/mol. The van der Waals surface area contributed by atoms with Gasteiger partial charge >= 0.3 is 6.09 Å². The second-order valence-corrected chi connectivity index (χ2v) is 12.4. The molecule has 2 aromatic rings. The topological polar surface area (TPSA) is 103 Å². The summed E-state index contributed by atoms with van der Waals surface area (Å²) in [5, 5.41) is 13.6.